The number of ether oxygens (including phenoxy) is 1. The molecular weight excluding hydrogens is 178 g/mol. The Kier molecular flexibility index (Phi) is 8.14. The van der Waals surface area contributed by atoms with Crippen LogP contribution in [0.25, 0.3) is 0 Å². The van der Waals surface area contributed by atoms with Crippen molar-refractivity contribution < 1.29 is 9.84 Å². The van der Waals surface area contributed by atoms with E-state index in [1.807, 2.05) is 6.92 Å². The molecule has 0 aromatic heterocycles. The fourth-order valence-corrected chi connectivity index (χ4v) is 1.36. The van der Waals surface area contributed by atoms with Crippen LogP contribution < -0.4 is 5.32 Å². The fraction of sp³-hybridized carbons (Fsp3) is 1.00. The van der Waals surface area contributed by atoms with E-state index in [0.29, 0.717) is 6.61 Å². The van der Waals surface area contributed by atoms with Crippen LogP contribution in [-0.4, -0.2) is 38.0 Å². The summed E-state index contributed by atoms with van der Waals surface area (Å²) in [6, 6.07) is 0. The molecule has 3 heteroatoms. The molecule has 0 atom stereocenters. The van der Waals surface area contributed by atoms with Gasteiger partial charge in [0.25, 0.3) is 0 Å². The quantitative estimate of drug-likeness (QED) is 0.557. The van der Waals surface area contributed by atoms with Crippen LogP contribution in [0.15, 0.2) is 0 Å². The number of aliphatic hydroxyl groups is 1. The Balaban J connectivity index is 3.35. The van der Waals surface area contributed by atoms with E-state index in [4.69, 9.17) is 9.84 Å². The molecule has 2 N–H and O–H groups in total. The smallest absolute Gasteiger partial charge is 0.0590 e. The van der Waals surface area contributed by atoms with Gasteiger partial charge in [-0.25, -0.2) is 0 Å². The van der Waals surface area contributed by atoms with Crippen molar-refractivity contribution in [1.29, 1.82) is 0 Å². The van der Waals surface area contributed by atoms with Gasteiger partial charge in [0.15, 0.2) is 0 Å². The summed E-state index contributed by atoms with van der Waals surface area (Å²) in [6.07, 6.45) is 1.95. The summed E-state index contributed by atoms with van der Waals surface area (Å²) in [6.45, 7) is 10.2. The van der Waals surface area contributed by atoms with E-state index in [0.717, 1.165) is 39.1 Å². The Labute approximate surface area is 87.8 Å². The van der Waals surface area contributed by atoms with Gasteiger partial charge in [-0.2, -0.15) is 0 Å². The normalized spacial score (nSPS) is 12.0. The summed E-state index contributed by atoms with van der Waals surface area (Å²) in [5.74, 6) is 0. The van der Waals surface area contributed by atoms with E-state index in [1.54, 1.807) is 0 Å². The maximum Gasteiger partial charge on any atom is 0.0590 e. The molecule has 0 rings (SSSR count). The van der Waals surface area contributed by atoms with Crippen LogP contribution in [-0.2, 0) is 4.74 Å². The zero-order valence-corrected chi connectivity index (χ0v) is 9.81. The van der Waals surface area contributed by atoms with Gasteiger partial charge in [-0.3, -0.25) is 0 Å². The second-order valence-corrected chi connectivity index (χ2v) is 4.37. The van der Waals surface area contributed by atoms with Crippen molar-refractivity contribution in [2.24, 2.45) is 5.41 Å². The first-order valence-electron chi connectivity index (χ1n) is 5.51. The Morgan fingerprint density at radius 2 is 2.07 bits per heavy atom. The molecule has 0 bridgehead atoms. The molecule has 0 radical (unpaired) electrons. The average Bonchev–Trinajstić information content (AvgIpc) is 2.15. The van der Waals surface area contributed by atoms with Crippen LogP contribution in [0.2, 0.25) is 0 Å². The summed E-state index contributed by atoms with van der Waals surface area (Å²) in [5, 5.41) is 12.1. The fourth-order valence-electron chi connectivity index (χ4n) is 1.36. The molecule has 3 nitrogen and oxygen atoms in total. The lowest BCUT2D eigenvalue weighted by molar-refractivity contribution is 0.145. The minimum absolute atomic E-state index is 0.273. The minimum atomic E-state index is 0.273. The SMILES string of the molecule is CCOCCNCC(C)(C)CCCO. The molecule has 0 aliphatic carbocycles. The molecule has 86 valence electrons. The van der Waals surface area contributed by atoms with E-state index >= 15 is 0 Å². The van der Waals surface area contributed by atoms with Gasteiger partial charge in [0.1, 0.15) is 0 Å². The van der Waals surface area contributed by atoms with Crippen molar-refractivity contribution in [1.82, 2.24) is 5.32 Å². The van der Waals surface area contributed by atoms with Gasteiger partial charge in [0.2, 0.25) is 0 Å². The highest BCUT2D eigenvalue weighted by atomic mass is 16.5. The lowest BCUT2D eigenvalue weighted by Gasteiger charge is -2.24. The molecule has 0 saturated carbocycles. The number of hydrogen-bond acceptors (Lipinski definition) is 3. The molecular formula is C11H25NO2. The lowest BCUT2D eigenvalue weighted by atomic mass is 9.88. The molecule has 0 fully saturated rings. The van der Waals surface area contributed by atoms with Gasteiger partial charge in [-0.15, -0.1) is 0 Å². The first kappa shape index (κ1) is 13.9. The van der Waals surface area contributed by atoms with Crippen LogP contribution in [0.1, 0.15) is 33.6 Å². The van der Waals surface area contributed by atoms with Crippen molar-refractivity contribution in [2.75, 3.05) is 32.9 Å². The standard InChI is InChI=1S/C11H25NO2/c1-4-14-9-7-12-10-11(2,3)6-5-8-13/h12-13H,4-10H2,1-3H3. The van der Waals surface area contributed by atoms with Crippen molar-refractivity contribution in [2.45, 2.75) is 33.6 Å². The van der Waals surface area contributed by atoms with Gasteiger partial charge < -0.3 is 15.2 Å². The van der Waals surface area contributed by atoms with Gasteiger partial charge in [0, 0.05) is 26.3 Å². The van der Waals surface area contributed by atoms with Crippen LogP contribution in [0.5, 0.6) is 0 Å². The summed E-state index contributed by atoms with van der Waals surface area (Å²) in [5.41, 5.74) is 0.273. The van der Waals surface area contributed by atoms with Gasteiger partial charge >= 0.3 is 0 Å². The zero-order valence-electron chi connectivity index (χ0n) is 9.81. The Hall–Kier alpha value is -0.120. The highest BCUT2D eigenvalue weighted by Crippen LogP contribution is 2.20. The zero-order chi connectivity index (χ0) is 10.9. The predicted molar refractivity (Wildman–Crippen MR) is 59.5 cm³/mol. The molecule has 0 amide bonds. The van der Waals surface area contributed by atoms with Crippen molar-refractivity contribution in [3.8, 4) is 0 Å². The first-order valence-corrected chi connectivity index (χ1v) is 5.51. The Bertz CT molecular complexity index is 126. The third kappa shape index (κ3) is 8.48. The molecule has 14 heavy (non-hydrogen) atoms. The monoisotopic (exact) mass is 203 g/mol. The molecule has 0 aliphatic heterocycles. The van der Waals surface area contributed by atoms with E-state index in [2.05, 4.69) is 19.2 Å². The second kappa shape index (κ2) is 8.21. The van der Waals surface area contributed by atoms with E-state index in [-0.39, 0.29) is 5.41 Å². The highest BCUT2D eigenvalue weighted by molar-refractivity contribution is 4.71. The van der Waals surface area contributed by atoms with E-state index in [9.17, 15) is 0 Å². The number of aliphatic hydroxyl groups excluding tert-OH is 1. The first-order chi connectivity index (χ1) is 6.62. The van der Waals surface area contributed by atoms with Crippen molar-refractivity contribution in [3.05, 3.63) is 0 Å². The van der Waals surface area contributed by atoms with E-state index < -0.39 is 0 Å². The third-order valence-corrected chi connectivity index (χ3v) is 2.24. The van der Waals surface area contributed by atoms with Crippen LogP contribution in [0, 0.1) is 5.41 Å². The largest absolute Gasteiger partial charge is 0.396 e. The molecule has 0 unspecified atom stereocenters. The minimum Gasteiger partial charge on any atom is -0.396 e. The maximum absolute atomic E-state index is 8.73. The Morgan fingerprint density at radius 3 is 2.64 bits per heavy atom. The molecule has 0 spiro atoms. The average molecular weight is 203 g/mol. The van der Waals surface area contributed by atoms with Gasteiger partial charge in [0.05, 0.1) is 6.61 Å². The van der Waals surface area contributed by atoms with Crippen molar-refractivity contribution in [3.63, 3.8) is 0 Å². The maximum atomic E-state index is 8.73. The predicted octanol–water partition coefficient (Wildman–Crippen LogP) is 1.41. The van der Waals surface area contributed by atoms with Gasteiger partial charge in [-0.1, -0.05) is 13.8 Å². The number of rotatable bonds is 9. The van der Waals surface area contributed by atoms with Crippen LogP contribution in [0.3, 0.4) is 0 Å². The molecule has 0 saturated heterocycles. The van der Waals surface area contributed by atoms with E-state index in [1.165, 1.54) is 0 Å². The topological polar surface area (TPSA) is 41.5 Å². The summed E-state index contributed by atoms with van der Waals surface area (Å²) in [7, 11) is 0. The van der Waals surface area contributed by atoms with Crippen LogP contribution >= 0.6 is 0 Å². The van der Waals surface area contributed by atoms with Gasteiger partial charge in [-0.05, 0) is 25.2 Å². The highest BCUT2D eigenvalue weighted by Gasteiger charge is 2.15. The number of hydrogen-bond donors (Lipinski definition) is 2. The summed E-state index contributed by atoms with van der Waals surface area (Å²) >= 11 is 0. The Morgan fingerprint density at radius 1 is 1.36 bits per heavy atom. The molecule has 0 heterocycles. The van der Waals surface area contributed by atoms with Crippen LogP contribution in [0.4, 0.5) is 0 Å². The lowest BCUT2D eigenvalue weighted by Crippen LogP contribution is -2.31. The molecule has 0 aliphatic rings. The second-order valence-electron chi connectivity index (χ2n) is 4.37. The summed E-state index contributed by atoms with van der Waals surface area (Å²) in [4.78, 5) is 0. The number of nitrogens with one attached hydrogen (secondary N) is 1. The summed E-state index contributed by atoms with van der Waals surface area (Å²) < 4.78 is 5.23. The third-order valence-electron chi connectivity index (χ3n) is 2.24. The molecule has 0 aromatic rings. The van der Waals surface area contributed by atoms with Crippen molar-refractivity contribution >= 4 is 0 Å². The molecule has 0 aromatic carbocycles.